The molecule has 2 aromatic carbocycles. The Labute approximate surface area is 150 Å². The van der Waals surface area contributed by atoms with Crippen LogP contribution in [0.25, 0.3) is 0 Å². The van der Waals surface area contributed by atoms with Gasteiger partial charge in [0, 0.05) is 46.5 Å². The molecule has 0 saturated heterocycles. The summed E-state index contributed by atoms with van der Waals surface area (Å²) < 4.78 is 30.7. The first-order valence-electron chi connectivity index (χ1n) is 6.02. The van der Waals surface area contributed by atoms with Gasteiger partial charge in [-0.1, -0.05) is 6.07 Å². The zero-order valence-corrected chi connectivity index (χ0v) is 15.0. The molecule has 8 heteroatoms. The van der Waals surface area contributed by atoms with Gasteiger partial charge in [0.15, 0.2) is 0 Å². The summed E-state index contributed by atoms with van der Waals surface area (Å²) in [5, 5.41) is 2.61. The van der Waals surface area contributed by atoms with Crippen LogP contribution < -0.4 is 11.1 Å². The summed E-state index contributed by atoms with van der Waals surface area (Å²) in [6, 6.07) is 10.1. The molecular formula is C14H14N2NaO4S. The third-order valence-corrected chi connectivity index (χ3v) is 3.82. The van der Waals surface area contributed by atoms with E-state index in [0.29, 0.717) is 16.9 Å². The molecule has 1 radical (unpaired) electrons. The van der Waals surface area contributed by atoms with Crippen LogP contribution in [-0.2, 0) is 10.1 Å². The molecule has 0 aliphatic carbocycles. The molecule has 0 bridgehead atoms. The number of benzene rings is 2. The molecule has 2 aromatic rings. The maximum Gasteiger partial charge on any atom is 0.294 e. The van der Waals surface area contributed by atoms with Crippen LogP contribution in [0.1, 0.15) is 15.9 Å². The normalized spacial score (nSPS) is 10.6. The summed E-state index contributed by atoms with van der Waals surface area (Å²) in [4.78, 5) is 11.8. The Morgan fingerprint density at radius 2 is 1.73 bits per heavy atom. The quantitative estimate of drug-likeness (QED) is 0.451. The number of nitrogens with two attached hydrogens (primary N) is 1. The fourth-order valence-electron chi connectivity index (χ4n) is 1.70. The second-order valence-electron chi connectivity index (χ2n) is 4.52. The van der Waals surface area contributed by atoms with E-state index in [0.717, 1.165) is 5.56 Å². The molecule has 0 atom stereocenters. The van der Waals surface area contributed by atoms with Crippen molar-refractivity contribution in [2.45, 2.75) is 11.8 Å². The van der Waals surface area contributed by atoms with E-state index in [1.165, 1.54) is 24.3 Å². The van der Waals surface area contributed by atoms with Crippen LogP contribution in [0.3, 0.4) is 0 Å². The molecule has 0 fully saturated rings. The van der Waals surface area contributed by atoms with Gasteiger partial charge in [-0.05, 0) is 48.9 Å². The zero-order valence-electron chi connectivity index (χ0n) is 12.2. The van der Waals surface area contributed by atoms with Gasteiger partial charge in [-0.3, -0.25) is 9.35 Å². The minimum Gasteiger partial charge on any atom is -0.398 e. The Bertz CT molecular complexity index is 789. The van der Waals surface area contributed by atoms with Crippen LogP contribution in [0.2, 0.25) is 0 Å². The van der Waals surface area contributed by atoms with Crippen LogP contribution in [0, 0.1) is 6.92 Å². The number of carbonyl (C=O) groups excluding carboxylic acids is 1. The summed E-state index contributed by atoms with van der Waals surface area (Å²) in [5.41, 5.74) is 7.95. The van der Waals surface area contributed by atoms with E-state index in [1.807, 2.05) is 6.92 Å². The Morgan fingerprint density at radius 3 is 2.23 bits per heavy atom. The van der Waals surface area contributed by atoms with Crippen LogP contribution in [0.5, 0.6) is 0 Å². The predicted molar refractivity (Wildman–Crippen MR) is 85.6 cm³/mol. The number of hydrogen-bond acceptors (Lipinski definition) is 4. The number of nitrogen functional groups attached to an aromatic ring is 1. The molecule has 4 N–H and O–H groups in total. The number of carbonyl (C=O) groups is 1. The van der Waals surface area contributed by atoms with E-state index >= 15 is 0 Å². The first-order chi connectivity index (χ1) is 9.77. The van der Waals surface area contributed by atoms with E-state index in [4.69, 9.17) is 10.3 Å². The number of hydrogen-bond donors (Lipinski definition) is 3. The molecule has 0 aliphatic heterocycles. The molecule has 22 heavy (non-hydrogen) atoms. The molecule has 6 nitrogen and oxygen atoms in total. The van der Waals surface area contributed by atoms with Gasteiger partial charge in [0.05, 0.1) is 4.90 Å². The molecular weight excluding hydrogens is 315 g/mol. The van der Waals surface area contributed by atoms with Crippen molar-refractivity contribution in [1.29, 1.82) is 0 Å². The molecule has 0 aromatic heterocycles. The van der Waals surface area contributed by atoms with Gasteiger partial charge in [0.25, 0.3) is 16.0 Å². The van der Waals surface area contributed by atoms with Crippen molar-refractivity contribution in [1.82, 2.24) is 0 Å². The van der Waals surface area contributed by atoms with Crippen LogP contribution in [-0.4, -0.2) is 48.4 Å². The number of aryl methyl sites for hydroxylation is 1. The van der Waals surface area contributed by atoms with Crippen molar-refractivity contribution >= 4 is 57.0 Å². The van der Waals surface area contributed by atoms with Gasteiger partial charge in [-0.15, -0.1) is 0 Å². The van der Waals surface area contributed by atoms with E-state index in [-0.39, 0.29) is 40.4 Å². The monoisotopic (exact) mass is 329 g/mol. The third kappa shape index (κ3) is 4.56. The second-order valence-corrected chi connectivity index (χ2v) is 5.95. The topological polar surface area (TPSA) is 109 Å². The van der Waals surface area contributed by atoms with Crippen LogP contribution in [0.15, 0.2) is 47.4 Å². The standard InChI is InChI=1S/C14H14N2O4S.Na/c1-9-2-3-10(8-13(9)15)14(17)16-11-4-6-12(7-5-11)21(18,19)20;/h2-8H,15H2,1H3,(H,16,17)(H,18,19,20);. The SMILES string of the molecule is Cc1ccc(C(=O)Nc2ccc(S(=O)(=O)O)cc2)cc1N.[Na]. The van der Waals surface area contributed by atoms with Gasteiger partial charge in [0.2, 0.25) is 0 Å². The largest absolute Gasteiger partial charge is 0.398 e. The number of nitrogens with one attached hydrogen (secondary N) is 1. The zero-order chi connectivity index (χ0) is 15.6. The fraction of sp³-hybridized carbons (Fsp3) is 0.0714. The van der Waals surface area contributed by atoms with Crippen molar-refractivity contribution in [2.24, 2.45) is 0 Å². The minimum absolute atomic E-state index is 0. The summed E-state index contributed by atoms with van der Waals surface area (Å²) in [7, 11) is -4.24. The summed E-state index contributed by atoms with van der Waals surface area (Å²) in [6.45, 7) is 1.84. The van der Waals surface area contributed by atoms with Crippen molar-refractivity contribution in [3.05, 3.63) is 53.6 Å². The van der Waals surface area contributed by atoms with Gasteiger partial charge in [-0.2, -0.15) is 8.42 Å². The number of rotatable bonds is 3. The van der Waals surface area contributed by atoms with Gasteiger partial charge in [0.1, 0.15) is 0 Å². The van der Waals surface area contributed by atoms with Crippen molar-refractivity contribution in [2.75, 3.05) is 11.1 Å². The average molecular weight is 329 g/mol. The maximum atomic E-state index is 12.0. The van der Waals surface area contributed by atoms with E-state index < -0.39 is 10.1 Å². The van der Waals surface area contributed by atoms with Gasteiger partial charge in [-0.25, -0.2) is 0 Å². The van der Waals surface area contributed by atoms with Gasteiger partial charge >= 0.3 is 0 Å². The van der Waals surface area contributed by atoms with Gasteiger partial charge < -0.3 is 11.1 Å². The second kappa shape index (κ2) is 7.26. The Hall–Kier alpha value is -1.38. The first-order valence-corrected chi connectivity index (χ1v) is 7.46. The van der Waals surface area contributed by atoms with E-state index in [1.54, 1.807) is 18.2 Å². The Kier molecular flexibility index (Phi) is 6.16. The molecule has 2 rings (SSSR count). The van der Waals surface area contributed by atoms with Crippen molar-refractivity contribution in [3.8, 4) is 0 Å². The molecule has 0 aliphatic rings. The predicted octanol–water partition coefficient (Wildman–Crippen LogP) is 1.70. The minimum atomic E-state index is -4.24. The molecule has 0 unspecified atom stereocenters. The number of anilines is 2. The summed E-state index contributed by atoms with van der Waals surface area (Å²) in [5.74, 6) is -0.360. The smallest absolute Gasteiger partial charge is 0.294 e. The maximum absolute atomic E-state index is 12.0. The molecule has 111 valence electrons. The first kappa shape index (κ1) is 18.7. The molecule has 0 spiro atoms. The molecule has 0 saturated carbocycles. The Morgan fingerprint density at radius 1 is 1.14 bits per heavy atom. The van der Waals surface area contributed by atoms with E-state index in [9.17, 15) is 13.2 Å². The van der Waals surface area contributed by atoms with Crippen LogP contribution >= 0.6 is 0 Å². The average Bonchev–Trinajstić information content (AvgIpc) is 2.41. The summed E-state index contributed by atoms with van der Waals surface area (Å²) >= 11 is 0. The summed E-state index contributed by atoms with van der Waals surface area (Å²) in [6.07, 6.45) is 0. The van der Waals surface area contributed by atoms with E-state index in [2.05, 4.69) is 5.32 Å². The van der Waals surface area contributed by atoms with Crippen molar-refractivity contribution in [3.63, 3.8) is 0 Å². The third-order valence-electron chi connectivity index (χ3n) is 2.95. The Balaban J connectivity index is 0.00000242. The number of amides is 1. The molecule has 1 amide bonds. The van der Waals surface area contributed by atoms with Crippen LogP contribution in [0.4, 0.5) is 11.4 Å². The fourth-order valence-corrected chi connectivity index (χ4v) is 2.18. The van der Waals surface area contributed by atoms with Crippen molar-refractivity contribution < 1.29 is 17.8 Å². The molecule has 0 heterocycles.